The maximum Gasteiger partial charge on any atom is 0.0150 e. The minimum atomic E-state index is 0.237. The van der Waals surface area contributed by atoms with Crippen molar-refractivity contribution in [3.63, 3.8) is 0 Å². The smallest absolute Gasteiger partial charge is 0.0150 e. The van der Waals surface area contributed by atoms with Crippen LogP contribution in [-0.2, 0) is 6.42 Å². The van der Waals surface area contributed by atoms with Gasteiger partial charge in [0.2, 0.25) is 0 Å². The molecule has 0 saturated heterocycles. The monoisotopic (exact) mass is 237 g/mol. The molecule has 0 aliphatic heterocycles. The Morgan fingerprint density at radius 3 is 2.50 bits per heavy atom. The van der Waals surface area contributed by atoms with Gasteiger partial charge >= 0.3 is 0 Å². The van der Waals surface area contributed by atoms with Crippen LogP contribution in [0.2, 0.25) is 0 Å². The molecule has 1 nitrogen and oxygen atoms in total. The second kappa shape index (κ2) is 8.73. The van der Waals surface area contributed by atoms with Crippen LogP contribution in [-0.4, -0.2) is 26.2 Å². The first-order valence-electron chi connectivity index (χ1n) is 6.20. The lowest BCUT2D eigenvalue weighted by Crippen LogP contribution is -2.06. The molecule has 1 N–H and O–H groups in total. The van der Waals surface area contributed by atoms with Gasteiger partial charge in [-0.3, -0.25) is 0 Å². The first kappa shape index (κ1) is 13.7. The van der Waals surface area contributed by atoms with Crippen molar-refractivity contribution < 1.29 is 0 Å². The normalized spacial score (nSPS) is 12.6. The van der Waals surface area contributed by atoms with Crippen LogP contribution >= 0.6 is 7.92 Å². The van der Waals surface area contributed by atoms with E-state index in [9.17, 15) is 0 Å². The fourth-order valence-corrected chi connectivity index (χ4v) is 3.34. The third-order valence-electron chi connectivity index (χ3n) is 2.78. The molecule has 0 bridgehead atoms. The summed E-state index contributed by atoms with van der Waals surface area (Å²) in [7, 11) is 2.29. The Labute approximate surface area is 101 Å². The second-order valence-corrected chi connectivity index (χ2v) is 6.86. The molecule has 0 aliphatic carbocycles. The summed E-state index contributed by atoms with van der Waals surface area (Å²) in [6.45, 7) is 2.39. The van der Waals surface area contributed by atoms with Crippen molar-refractivity contribution in [1.82, 2.24) is 5.32 Å². The minimum absolute atomic E-state index is 0.237. The van der Waals surface area contributed by atoms with Gasteiger partial charge in [0.25, 0.3) is 0 Å². The molecule has 1 rings (SSSR count). The lowest BCUT2D eigenvalue weighted by atomic mass is 10.1. The molecule has 1 aromatic rings. The van der Waals surface area contributed by atoms with E-state index in [-0.39, 0.29) is 7.92 Å². The molecule has 0 fully saturated rings. The molecule has 0 spiro atoms. The summed E-state index contributed by atoms with van der Waals surface area (Å²) in [5.74, 6) is 0. The van der Waals surface area contributed by atoms with Gasteiger partial charge in [-0.05, 0) is 44.7 Å². The molecule has 16 heavy (non-hydrogen) atoms. The second-order valence-electron chi connectivity index (χ2n) is 4.39. The molecule has 0 heterocycles. The van der Waals surface area contributed by atoms with Crippen LogP contribution in [0.5, 0.6) is 0 Å². The van der Waals surface area contributed by atoms with E-state index in [0.29, 0.717) is 0 Å². The van der Waals surface area contributed by atoms with E-state index in [4.69, 9.17) is 0 Å². The Balaban J connectivity index is 2.00. The van der Waals surface area contributed by atoms with E-state index < -0.39 is 0 Å². The summed E-state index contributed by atoms with van der Waals surface area (Å²) >= 11 is 0. The molecule has 0 aromatic heterocycles. The van der Waals surface area contributed by atoms with Gasteiger partial charge in [-0.2, -0.15) is 0 Å². The van der Waals surface area contributed by atoms with E-state index in [0.717, 1.165) is 0 Å². The van der Waals surface area contributed by atoms with Crippen molar-refractivity contribution in [1.29, 1.82) is 0 Å². The molecular formula is C14H24NP. The molecule has 0 saturated carbocycles. The average molecular weight is 237 g/mol. The quantitative estimate of drug-likeness (QED) is 0.537. The molecule has 90 valence electrons. The summed E-state index contributed by atoms with van der Waals surface area (Å²) in [6.07, 6.45) is 8.00. The molecule has 1 unspecified atom stereocenters. The van der Waals surface area contributed by atoms with Crippen molar-refractivity contribution in [2.75, 3.05) is 26.2 Å². The minimum Gasteiger partial charge on any atom is -0.316 e. The summed E-state index contributed by atoms with van der Waals surface area (Å²) in [5, 5.41) is 3.26. The summed E-state index contributed by atoms with van der Waals surface area (Å²) in [6, 6.07) is 10.8. The number of nitrogens with one attached hydrogen (secondary N) is 1. The summed E-state index contributed by atoms with van der Waals surface area (Å²) in [5.41, 5.74) is 1.48. The highest BCUT2D eigenvalue weighted by molar-refractivity contribution is 7.56. The molecule has 1 atom stereocenters. The Bertz CT molecular complexity index is 261. The predicted octanol–water partition coefficient (Wildman–Crippen LogP) is 3.69. The van der Waals surface area contributed by atoms with Crippen LogP contribution in [0.1, 0.15) is 24.8 Å². The van der Waals surface area contributed by atoms with Crippen LogP contribution in [0.25, 0.3) is 0 Å². The van der Waals surface area contributed by atoms with Gasteiger partial charge in [-0.25, -0.2) is 0 Å². The Kier molecular flexibility index (Phi) is 7.46. The van der Waals surface area contributed by atoms with Crippen molar-refractivity contribution in [2.45, 2.75) is 25.7 Å². The lowest BCUT2D eigenvalue weighted by Gasteiger charge is -2.10. The van der Waals surface area contributed by atoms with Gasteiger partial charge in [0.1, 0.15) is 0 Å². The number of hydrogen-bond acceptors (Lipinski definition) is 1. The highest BCUT2D eigenvalue weighted by atomic mass is 31.1. The van der Waals surface area contributed by atoms with Crippen molar-refractivity contribution in [3.05, 3.63) is 35.9 Å². The van der Waals surface area contributed by atoms with Crippen LogP contribution in [0, 0.1) is 0 Å². The zero-order valence-electron chi connectivity index (χ0n) is 10.6. The third-order valence-corrected chi connectivity index (χ3v) is 4.71. The van der Waals surface area contributed by atoms with Gasteiger partial charge in [0, 0.05) is 6.29 Å². The maximum atomic E-state index is 3.26. The van der Waals surface area contributed by atoms with Gasteiger partial charge in [0.05, 0.1) is 0 Å². The third kappa shape index (κ3) is 6.25. The van der Waals surface area contributed by atoms with Crippen LogP contribution < -0.4 is 5.32 Å². The Hall–Kier alpha value is -0.390. The van der Waals surface area contributed by atoms with Gasteiger partial charge in [-0.15, -0.1) is 0 Å². The Morgan fingerprint density at radius 2 is 1.81 bits per heavy atom. The van der Waals surface area contributed by atoms with Gasteiger partial charge < -0.3 is 5.32 Å². The lowest BCUT2D eigenvalue weighted by molar-refractivity contribution is 0.719. The SMILES string of the molecule is CNCP(C)CCCCCc1ccccc1. The van der Waals surface area contributed by atoms with Gasteiger partial charge in [0.15, 0.2) is 0 Å². The molecule has 0 amide bonds. The van der Waals surface area contributed by atoms with Crippen molar-refractivity contribution in [2.24, 2.45) is 0 Å². The highest BCUT2D eigenvalue weighted by Crippen LogP contribution is 2.29. The number of aryl methyl sites for hydroxylation is 1. The van der Waals surface area contributed by atoms with Crippen molar-refractivity contribution >= 4 is 7.92 Å². The highest BCUT2D eigenvalue weighted by Gasteiger charge is 1.99. The van der Waals surface area contributed by atoms with Crippen molar-refractivity contribution in [3.8, 4) is 0 Å². The maximum absolute atomic E-state index is 3.26. The molecule has 1 aromatic carbocycles. The predicted molar refractivity (Wildman–Crippen MR) is 75.6 cm³/mol. The van der Waals surface area contributed by atoms with Crippen LogP contribution in [0.3, 0.4) is 0 Å². The van der Waals surface area contributed by atoms with E-state index in [1.165, 1.54) is 43.7 Å². The number of rotatable bonds is 8. The van der Waals surface area contributed by atoms with Crippen LogP contribution in [0.4, 0.5) is 0 Å². The first-order chi connectivity index (χ1) is 7.83. The van der Waals surface area contributed by atoms with E-state index in [1.807, 2.05) is 7.05 Å². The zero-order valence-corrected chi connectivity index (χ0v) is 11.5. The van der Waals surface area contributed by atoms with E-state index in [2.05, 4.69) is 42.3 Å². The molecular weight excluding hydrogens is 213 g/mol. The standard InChI is InChI=1S/C14H24NP/c1-15-13-16(2)12-8-4-7-11-14-9-5-3-6-10-14/h3,5-6,9-10,15H,4,7-8,11-13H2,1-2H3. The zero-order chi connectivity index (χ0) is 11.6. The first-order valence-corrected chi connectivity index (χ1v) is 8.36. The fourth-order valence-electron chi connectivity index (χ4n) is 1.88. The summed E-state index contributed by atoms with van der Waals surface area (Å²) < 4.78 is 0. The average Bonchev–Trinajstić information content (AvgIpc) is 2.30. The molecule has 0 aliphatic rings. The molecule has 0 radical (unpaired) electrons. The number of hydrogen-bond donors (Lipinski definition) is 1. The van der Waals surface area contributed by atoms with Crippen LogP contribution in [0.15, 0.2) is 30.3 Å². The molecule has 2 heteroatoms. The fraction of sp³-hybridized carbons (Fsp3) is 0.571. The van der Waals surface area contributed by atoms with E-state index in [1.54, 1.807) is 0 Å². The summed E-state index contributed by atoms with van der Waals surface area (Å²) in [4.78, 5) is 0. The number of benzene rings is 1. The topological polar surface area (TPSA) is 12.0 Å². The van der Waals surface area contributed by atoms with Gasteiger partial charge in [-0.1, -0.05) is 44.7 Å². The number of unbranched alkanes of at least 4 members (excludes halogenated alkanes) is 2. The Morgan fingerprint density at radius 1 is 1.06 bits per heavy atom. The largest absolute Gasteiger partial charge is 0.316 e. The van der Waals surface area contributed by atoms with E-state index >= 15 is 0 Å².